The Hall–Kier alpha value is -3.32. The molecule has 0 aliphatic heterocycles. The van der Waals surface area contributed by atoms with Crippen LogP contribution in [0.25, 0.3) is 21.8 Å². The fraction of sp³-hybridized carbons (Fsp3) is 0.304. The molecular weight excluding hydrogens is 376 g/mol. The number of amides is 1. The van der Waals surface area contributed by atoms with Crippen LogP contribution in [0, 0.1) is 0 Å². The van der Waals surface area contributed by atoms with Gasteiger partial charge in [-0.15, -0.1) is 0 Å². The molecule has 0 aliphatic rings. The number of hydrogen-bond acceptors (Lipinski definition) is 5. The average molecular weight is 403 g/mol. The minimum atomic E-state index is -0.504. The molecular formula is C23H26N6O. The number of nitrogens with one attached hydrogen (secondary N) is 2. The Morgan fingerprint density at radius 1 is 1.23 bits per heavy atom. The van der Waals surface area contributed by atoms with Gasteiger partial charge in [0.1, 0.15) is 5.52 Å². The van der Waals surface area contributed by atoms with Crippen molar-refractivity contribution in [2.75, 3.05) is 6.54 Å². The van der Waals surface area contributed by atoms with Crippen molar-refractivity contribution in [3.8, 4) is 0 Å². The molecule has 7 nitrogen and oxygen atoms in total. The fourth-order valence-electron chi connectivity index (χ4n) is 3.76. The van der Waals surface area contributed by atoms with E-state index in [1.54, 1.807) is 24.5 Å². The number of fused-ring (bicyclic) bond motifs is 3. The smallest absolute Gasteiger partial charge is 0.253 e. The normalized spacial score (nSPS) is 12.9. The Balaban J connectivity index is 1.74. The van der Waals surface area contributed by atoms with Crippen molar-refractivity contribution >= 4 is 27.7 Å². The van der Waals surface area contributed by atoms with Crippen LogP contribution in [0.15, 0.2) is 48.8 Å². The molecule has 1 atom stereocenters. The zero-order valence-electron chi connectivity index (χ0n) is 17.4. The SMILES string of the molecule is CC(CN)c1nc2ccccc2c2c(CC(C)(C)NC(=O)c3cccnc3)[nH]nc12. The van der Waals surface area contributed by atoms with Crippen molar-refractivity contribution in [2.24, 2.45) is 5.73 Å². The highest BCUT2D eigenvalue weighted by molar-refractivity contribution is 6.07. The second-order valence-corrected chi connectivity index (χ2v) is 8.33. The summed E-state index contributed by atoms with van der Waals surface area (Å²) in [4.78, 5) is 21.5. The number of H-pyrrole nitrogens is 1. The maximum absolute atomic E-state index is 12.6. The van der Waals surface area contributed by atoms with Crippen LogP contribution in [0.1, 0.15) is 48.4 Å². The van der Waals surface area contributed by atoms with Crippen LogP contribution in [0.4, 0.5) is 0 Å². The van der Waals surface area contributed by atoms with E-state index in [0.717, 1.165) is 33.2 Å². The van der Waals surface area contributed by atoms with Gasteiger partial charge in [-0.2, -0.15) is 5.10 Å². The Morgan fingerprint density at radius 3 is 2.77 bits per heavy atom. The standard InChI is InChI=1S/C23H26N6O/c1-14(12-24)20-21-19(16-8-4-5-9-17(16)26-20)18(28-29-21)11-23(2,3)27-22(30)15-7-6-10-25-13-15/h4-10,13-14H,11-12,24H2,1-3H3,(H,27,30)(H,28,29). The van der Waals surface area contributed by atoms with Crippen molar-refractivity contribution < 1.29 is 4.79 Å². The van der Waals surface area contributed by atoms with Gasteiger partial charge in [-0.05, 0) is 32.0 Å². The molecule has 0 saturated carbocycles. The molecule has 154 valence electrons. The number of aromatic amines is 1. The van der Waals surface area contributed by atoms with Crippen molar-refractivity contribution in [3.05, 3.63) is 65.7 Å². The topological polar surface area (TPSA) is 110 Å². The predicted molar refractivity (Wildman–Crippen MR) is 118 cm³/mol. The van der Waals surface area contributed by atoms with Gasteiger partial charge in [0, 0.05) is 53.3 Å². The van der Waals surface area contributed by atoms with Gasteiger partial charge in [-0.1, -0.05) is 25.1 Å². The van der Waals surface area contributed by atoms with Gasteiger partial charge >= 0.3 is 0 Å². The highest BCUT2D eigenvalue weighted by Gasteiger charge is 2.26. The van der Waals surface area contributed by atoms with E-state index in [2.05, 4.69) is 33.5 Å². The molecule has 3 aromatic heterocycles. The Labute approximate surface area is 175 Å². The largest absolute Gasteiger partial charge is 0.347 e. The molecule has 0 aliphatic carbocycles. The summed E-state index contributed by atoms with van der Waals surface area (Å²) in [6, 6.07) is 11.6. The number of nitrogens with two attached hydrogens (primary N) is 1. The van der Waals surface area contributed by atoms with E-state index in [4.69, 9.17) is 10.7 Å². The molecule has 0 saturated heterocycles. The third-order valence-electron chi connectivity index (χ3n) is 5.31. The summed E-state index contributed by atoms with van der Waals surface area (Å²) in [6.07, 6.45) is 3.80. The number of hydrogen-bond donors (Lipinski definition) is 3. The number of rotatable bonds is 6. The lowest BCUT2D eigenvalue weighted by molar-refractivity contribution is 0.0912. The number of aromatic nitrogens is 4. The molecule has 0 bridgehead atoms. The Bertz CT molecular complexity index is 1200. The molecule has 0 spiro atoms. The maximum atomic E-state index is 12.6. The van der Waals surface area contributed by atoms with E-state index in [9.17, 15) is 4.79 Å². The Morgan fingerprint density at radius 2 is 2.03 bits per heavy atom. The second kappa shape index (κ2) is 7.84. The number of carbonyl (C=O) groups excluding carboxylic acids is 1. The highest BCUT2D eigenvalue weighted by Crippen LogP contribution is 2.32. The third-order valence-corrected chi connectivity index (χ3v) is 5.31. The zero-order chi connectivity index (χ0) is 21.3. The number of pyridine rings is 2. The van der Waals surface area contributed by atoms with Gasteiger partial charge in [-0.25, -0.2) is 0 Å². The predicted octanol–water partition coefficient (Wildman–Crippen LogP) is 3.32. The van der Waals surface area contributed by atoms with Gasteiger partial charge in [0.15, 0.2) is 0 Å². The lowest BCUT2D eigenvalue weighted by Crippen LogP contribution is -2.45. The molecule has 0 fully saturated rings. The van der Waals surface area contributed by atoms with Gasteiger partial charge in [0.25, 0.3) is 5.91 Å². The number of para-hydroxylation sites is 1. The molecule has 30 heavy (non-hydrogen) atoms. The van der Waals surface area contributed by atoms with E-state index < -0.39 is 5.54 Å². The first kappa shape index (κ1) is 20.0. The van der Waals surface area contributed by atoms with Crippen LogP contribution in [0.3, 0.4) is 0 Å². The number of nitrogens with zero attached hydrogens (tertiary/aromatic N) is 3. The van der Waals surface area contributed by atoms with Crippen LogP contribution in [0.2, 0.25) is 0 Å². The first-order chi connectivity index (χ1) is 14.4. The summed E-state index contributed by atoms with van der Waals surface area (Å²) < 4.78 is 0. The molecule has 4 rings (SSSR count). The summed E-state index contributed by atoms with van der Waals surface area (Å²) >= 11 is 0. The van der Waals surface area contributed by atoms with E-state index in [-0.39, 0.29) is 11.8 Å². The fourth-order valence-corrected chi connectivity index (χ4v) is 3.76. The van der Waals surface area contributed by atoms with Gasteiger partial charge in [0.05, 0.1) is 16.8 Å². The Kier molecular flexibility index (Phi) is 5.22. The minimum absolute atomic E-state index is 0.0894. The highest BCUT2D eigenvalue weighted by atomic mass is 16.1. The molecule has 1 amide bonds. The molecule has 4 N–H and O–H groups in total. The van der Waals surface area contributed by atoms with Crippen LogP contribution in [-0.4, -0.2) is 38.2 Å². The molecule has 7 heteroatoms. The lowest BCUT2D eigenvalue weighted by atomic mass is 9.94. The van der Waals surface area contributed by atoms with E-state index in [1.165, 1.54) is 0 Å². The van der Waals surface area contributed by atoms with Crippen molar-refractivity contribution in [2.45, 2.75) is 38.6 Å². The lowest BCUT2D eigenvalue weighted by Gasteiger charge is -2.26. The second-order valence-electron chi connectivity index (χ2n) is 8.33. The quantitative estimate of drug-likeness (QED) is 0.458. The summed E-state index contributed by atoms with van der Waals surface area (Å²) in [7, 11) is 0. The van der Waals surface area contributed by atoms with Crippen LogP contribution >= 0.6 is 0 Å². The summed E-state index contributed by atoms with van der Waals surface area (Å²) in [6.45, 7) is 6.56. The van der Waals surface area contributed by atoms with E-state index in [0.29, 0.717) is 18.5 Å². The third kappa shape index (κ3) is 3.76. The molecule has 0 radical (unpaired) electrons. The molecule has 4 aromatic rings. The van der Waals surface area contributed by atoms with Gasteiger partial charge in [0.2, 0.25) is 0 Å². The van der Waals surface area contributed by atoms with Crippen molar-refractivity contribution in [1.29, 1.82) is 0 Å². The van der Waals surface area contributed by atoms with Crippen LogP contribution < -0.4 is 11.1 Å². The zero-order valence-corrected chi connectivity index (χ0v) is 17.4. The summed E-state index contributed by atoms with van der Waals surface area (Å²) in [5.41, 5.74) is 9.58. The van der Waals surface area contributed by atoms with E-state index >= 15 is 0 Å². The first-order valence-electron chi connectivity index (χ1n) is 10.1. The minimum Gasteiger partial charge on any atom is -0.347 e. The van der Waals surface area contributed by atoms with Crippen LogP contribution in [-0.2, 0) is 6.42 Å². The maximum Gasteiger partial charge on any atom is 0.253 e. The molecule has 3 heterocycles. The van der Waals surface area contributed by atoms with Crippen LogP contribution in [0.5, 0.6) is 0 Å². The molecule has 1 unspecified atom stereocenters. The average Bonchev–Trinajstić information content (AvgIpc) is 3.16. The number of benzene rings is 1. The number of carbonyl (C=O) groups is 1. The molecule has 1 aromatic carbocycles. The van der Waals surface area contributed by atoms with E-state index in [1.807, 2.05) is 32.0 Å². The van der Waals surface area contributed by atoms with Gasteiger partial charge < -0.3 is 11.1 Å². The van der Waals surface area contributed by atoms with Crippen molar-refractivity contribution in [3.63, 3.8) is 0 Å². The summed E-state index contributed by atoms with van der Waals surface area (Å²) in [5, 5.41) is 13.0. The monoisotopic (exact) mass is 402 g/mol. The first-order valence-corrected chi connectivity index (χ1v) is 10.1. The van der Waals surface area contributed by atoms with Gasteiger partial charge in [-0.3, -0.25) is 19.9 Å². The summed E-state index contributed by atoms with van der Waals surface area (Å²) in [5.74, 6) is -0.0626. The van der Waals surface area contributed by atoms with Crippen molar-refractivity contribution in [1.82, 2.24) is 25.5 Å².